The molecular formula is C6H8N3. The fourth-order valence-corrected chi connectivity index (χ4v) is 0.574. The van der Waals surface area contributed by atoms with Crippen molar-refractivity contribution in [3.05, 3.63) is 18.2 Å². The van der Waals surface area contributed by atoms with Gasteiger partial charge in [0.05, 0.1) is 11.4 Å². The fraction of sp³-hybridized carbons (Fsp3) is 0. The third-order valence-electron chi connectivity index (χ3n) is 1.08. The zero-order valence-electron chi connectivity index (χ0n) is 4.89. The Labute approximate surface area is 53.5 Å². The van der Waals surface area contributed by atoms with E-state index in [4.69, 9.17) is 17.2 Å². The molecule has 0 bridgehead atoms. The lowest BCUT2D eigenvalue weighted by Crippen LogP contribution is -1.89. The van der Waals surface area contributed by atoms with Crippen LogP contribution in [0.2, 0.25) is 0 Å². The van der Waals surface area contributed by atoms with Crippen molar-refractivity contribution in [1.82, 2.24) is 5.73 Å². The van der Waals surface area contributed by atoms with Crippen molar-refractivity contribution >= 4 is 17.1 Å². The van der Waals surface area contributed by atoms with Crippen LogP contribution >= 0.6 is 0 Å². The first-order valence-corrected chi connectivity index (χ1v) is 2.57. The van der Waals surface area contributed by atoms with Crippen LogP contribution in [0, 0.1) is 0 Å². The molecule has 0 aliphatic rings. The second kappa shape index (κ2) is 1.85. The van der Waals surface area contributed by atoms with Crippen LogP contribution < -0.4 is 17.2 Å². The van der Waals surface area contributed by atoms with Crippen molar-refractivity contribution in [2.24, 2.45) is 0 Å². The number of anilines is 2. The molecule has 0 fully saturated rings. The molecule has 0 aromatic heterocycles. The highest BCUT2D eigenvalue weighted by molar-refractivity contribution is 5.65. The third kappa shape index (κ3) is 1.05. The first kappa shape index (κ1) is 5.75. The number of rotatable bonds is 0. The number of hydrogen-bond donors (Lipinski definition) is 2. The highest BCUT2D eigenvalue weighted by Crippen LogP contribution is 2.18. The lowest BCUT2D eigenvalue weighted by Gasteiger charge is -1.97. The molecule has 3 nitrogen and oxygen atoms in total. The molecule has 0 atom stereocenters. The SMILES string of the molecule is [NH]c1cc(N)ccc1N. The Morgan fingerprint density at radius 1 is 1.22 bits per heavy atom. The molecule has 0 saturated carbocycles. The Hall–Kier alpha value is -1.38. The van der Waals surface area contributed by atoms with Gasteiger partial charge in [0.1, 0.15) is 0 Å². The van der Waals surface area contributed by atoms with Crippen LogP contribution in [0.5, 0.6) is 0 Å². The molecule has 47 valence electrons. The number of benzene rings is 1. The summed E-state index contributed by atoms with van der Waals surface area (Å²) in [7, 11) is 0. The van der Waals surface area contributed by atoms with E-state index in [9.17, 15) is 0 Å². The summed E-state index contributed by atoms with van der Waals surface area (Å²) in [5, 5.41) is 0. The summed E-state index contributed by atoms with van der Waals surface area (Å²) >= 11 is 0. The Kier molecular flexibility index (Phi) is 1.18. The van der Waals surface area contributed by atoms with E-state index in [0.29, 0.717) is 11.4 Å². The smallest absolute Gasteiger partial charge is 0.0789 e. The molecule has 1 radical (unpaired) electrons. The Morgan fingerprint density at radius 2 is 1.89 bits per heavy atom. The second-order valence-electron chi connectivity index (χ2n) is 1.85. The van der Waals surface area contributed by atoms with E-state index < -0.39 is 0 Å². The Morgan fingerprint density at radius 3 is 2.33 bits per heavy atom. The van der Waals surface area contributed by atoms with Crippen molar-refractivity contribution in [2.45, 2.75) is 0 Å². The van der Waals surface area contributed by atoms with Crippen LogP contribution in [0.15, 0.2) is 18.2 Å². The van der Waals surface area contributed by atoms with Crippen LogP contribution in [-0.2, 0) is 0 Å². The van der Waals surface area contributed by atoms with Gasteiger partial charge in [0.2, 0.25) is 0 Å². The molecule has 1 rings (SSSR count). The molecule has 3 heteroatoms. The maximum Gasteiger partial charge on any atom is 0.0789 e. The van der Waals surface area contributed by atoms with Crippen LogP contribution in [0.25, 0.3) is 0 Å². The maximum atomic E-state index is 7.16. The molecule has 0 unspecified atom stereocenters. The lowest BCUT2D eigenvalue weighted by atomic mass is 10.2. The zero-order chi connectivity index (χ0) is 6.85. The Bertz CT molecular complexity index is 220. The second-order valence-corrected chi connectivity index (χ2v) is 1.85. The topological polar surface area (TPSA) is 75.8 Å². The van der Waals surface area contributed by atoms with Crippen LogP contribution in [-0.4, -0.2) is 0 Å². The van der Waals surface area contributed by atoms with Crippen LogP contribution in [0.4, 0.5) is 17.1 Å². The molecule has 5 N–H and O–H groups in total. The number of nitrogens with one attached hydrogen (secondary N) is 1. The number of hydrogen-bond acceptors (Lipinski definition) is 2. The van der Waals surface area contributed by atoms with E-state index in [1.165, 1.54) is 6.07 Å². The van der Waals surface area contributed by atoms with Gasteiger partial charge in [-0.3, -0.25) is 5.73 Å². The first-order chi connectivity index (χ1) is 4.20. The summed E-state index contributed by atoms with van der Waals surface area (Å²) in [4.78, 5) is 0. The predicted molar refractivity (Wildman–Crippen MR) is 38.0 cm³/mol. The van der Waals surface area contributed by atoms with Gasteiger partial charge in [-0.25, -0.2) is 0 Å². The van der Waals surface area contributed by atoms with E-state index in [0.717, 1.165) is 0 Å². The highest BCUT2D eigenvalue weighted by Gasteiger charge is 1.91. The summed E-state index contributed by atoms with van der Waals surface area (Å²) in [6, 6.07) is 4.82. The molecule has 9 heavy (non-hydrogen) atoms. The molecule has 0 spiro atoms. The largest absolute Gasteiger partial charge is 0.399 e. The van der Waals surface area contributed by atoms with Gasteiger partial charge in [-0.05, 0) is 18.2 Å². The van der Waals surface area contributed by atoms with E-state index in [1.54, 1.807) is 12.1 Å². The van der Waals surface area contributed by atoms with Gasteiger partial charge in [-0.1, -0.05) is 0 Å². The summed E-state index contributed by atoms with van der Waals surface area (Å²) in [6.45, 7) is 0. The van der Waals surface area contributed by atoms with Crippen molar-refractivity contribution in [2.75, 3.05) is 11.5 Å². The highest BCUT2D eigenvalue weighted by atomic mass is 14.7. The van der Waals surface area contributed by atoms with Crippen molar-refractivity contribution in [3.8, 4) is 0 Å². The summed E-state index contributed by atoms with van der Waals surface area (Å²) in [5.74, 6) is 0. The van der Waals surface area contributed by atoms with Gasteiger partial charge in [0.15, 0.2) is 0 Å². The molecule has 1 aromatic carbocycles. The first-order valence-electron chi connectivity index (χ1n) is 2.57. The van der Waals surface area contributed by atoms with Crippen molar-refractivity contribution in [3.63, 3.8) is 0 Å². The average Bonchev–Trinajstić information content (AvgIpc) is 1.80. The van der Waals surface area contributed by atoms with Gasteiger partial charge >= 0.3 is 0 Å². The van der Waals surface area contributed by atoms with Gasteiger partial charge in [0, 0.05) is 5.69 Å². The van der Waals surface area contributed by atoms with E-state index in [2.05, 4.69) is 0 Å². The summed E-state index contributed by atoms with van der Waals surface area (Å²) < 4.78 is 0. The molecule has 1 aromatic rings. The number of nitrogens with two attached hydrogens (primary N) is 2. The van der Waals surface area contributed by atoms with Crippen molar-refractivity contribution < 1.29 is 0 Å². The number of nitrogen functional groups attached to an aromatic ring is 2. The Balaban J connectivity index is 3.17. The summed E-state index contributed by atoms with van der Waals surface area (Å²) in [6.07, 6.45) is 0. The summed E-state index contributed by atoms with van der Waals surface area (Å²) in [5.41, 5.74) is 19.2. The zero-order valence-corrected chi connectivity index (χ0v) is 4.89. The molecule has 0 heterocycles. The van der Waals surface area contributed by atoms with E-state index >= 15 is 0 Å². The van der Waals surface area contributed by atoms with Gasteiger partial charge in [-0.15, -0.1) is 0 Å². The quantitative estimate of drug-likeness (QED) is 0.498. The molecule has 0 saturated heterocycles. The minimum atomic E-state index is 0.287. The normalized spacial score (nSPS) is 9.33. The van der Waals surface area contributed by atoms with Crippen LogP contribution in [0.3, 0.4) is 0 Å². The minimum Gasteiger partial charge on any atom is -0.399 e. The van der Waals surface area contributed by atoms with Crippen molar-refractivity contribution in [1.29, 1.82) is 0 Å². The lowest BCUT2D eigenvalue weighted by molar-refractivity contribution is 1.48. The third-order valence-corrected chi connectivity index (χ3v) is 1.08. The van der Waals surface area contributed by atoms with Gasteiger partial charge < -0.3 is 11.5 Å². The standard InChI is InChI=1S/C6H8N3/c7-4-1-2-5(8)6(9)3-4/h1-3,9H,7-8H2. The fourth-order valence-electron chi connectivity index (χ4n) is 0.574. The van der Waals surface area contributed by atoms with E-state index in [1.807, 2.05) is 0 Å². The molecule has 0 aliphatic carbocycles. The molecule has 0 amide bonds. The van der Waals surface area contributed by atoms with E-state index in [-0.39, 0.29) is 5.69 Å². The monoisotopic (exact) mass is 122 g/mol. The molecule has 0 aliphatic heterocycles. The maximum absolute atomic E-state index is 7.16. The van der Waals surface area contributed by atoms with Gasteiger partial charge in [0.25, 0.3) is 0 Å². The molecular weight excluding hydrogens is 114 g/mol. The van der Waals surface area contributed by atoms with Gasteiger partial charge in [-0.2, -0.15) is 0 Å². The minimum absolute atomic E-state index is 0.287. The predicted octanol–water partition coefficient (Wildman–Crippen LogP) is 0.765. The average molecular weight is 122 g/mol. The van der Waals surface area contributed by atoms with Crippen LogP contribution in [0.1, 0.15) is 0 Å².